The van der Waals surface area contributed by atoms with Gasteiger partial charge in [0.1, 0.15) is 11.4 Å². The van der Waals surface area contributed by atoms with Crippen LogP contribution in [0.3, 0.4) is 0 Å². The van der Waals surface area contributed by atoms with Crippen molar-refractivity contribution in [2.75, 3.05) is 0 Å². The van der Waals surface area contributed by atoms with E-state index in [1.54, 1.807) is 0 Å². The first-order valence-electron chi connectivity index (χ1n) is 3.07. The largest absolute Gasteiger partial charge is 0.394 e. The number of halogens is 2. The number of allylic oxidation sites excluding steroid dienone is 2. The molecule has 0 heterocycles. The van der Waals surface area contributed by atoms with Gasteiger partial charge < -0.3 is 11.5 Å². The van der Waals surface area contributed by atoms with Crippen molar-refractivity contribution < 1.29 is 9.59 Å². The molecule has 0 atom stereocenters. The molecule has 6 heteroatoms. The summed E-state index contributed by atoms with van der Waals surface area (Å²) in [6, 6.07) is 0. The molecule has 12 heavy (non-hydrogen) atoms. The minimum atomic E-state index is -1.75. The third-order valence-corrected chi connectivity index (χ3v) is 2.16. The summed E-state index contributed by atoms with van der Waals surface area (Å²) in [5.41, 5.74) is 9.80. The van der Waals surface area contributed by atoms with E-state index in [1.165, 1.54) is 0 Å². The second-order valence-corrected chi connectivity index (χ2v) is 3.94. The van der Waals surface area contributed by atoms with Crippen molar-refractivity contribution in [2.45, 2.75) is 10.8 Å². The van der Waals surface area contributed by atoms with E-state index >= 15 is 0 Å². The normalized spacial score (nSPS) is 23.2. The SMILES string of the molecule is NC1=C(N)C(=O)C(Cl)(Cl)CC1=O. The number of alkyl halides is 2. The predicted octanol–water partition coefficient (Wildman–Crippen LogP) is -0.169. The van der Waals surface area contributed by atoms with Crippen molar-refractivity contribution in [3.8, 4) is 0 Å². The van der Waals surface area contributed by atoms with E-state index in [-0.39, 0.29) is 17.8 Å². The molecule has 1 aliphatic rings. The van der Waals surface area contributed by atoms with Crippen LogP contribution >= 0.6 is 23.2 Å². The van der Waals surface area contributed by atoms with Crippen molar-refractivity contribution in [3.05, 3.63) is 11.4 Å². The topological polar surface area (TPSA) is 86.2 Å². The van der Waals surface area contributed by atoms with Crippen LogP contribution in [0.5, 0.6) is 0 Å². The smallest absolute Gasteiger partial charge is 0.217 e. The van der Waals surface area contributed by atoms with E-state index in [1.807, 2.05) is 0 Å². The number of hydrogen-bond donors (Lipinski definition) is 2. The molecule has 1 rings (SSSR count). The Labute approximate surface area is 78.5 Å². The first-order valence-corrected chi connectivity index (χ1v) is 3.83. The summed E-state index contributed by atoms with van der Waals surface area (Å²) >= 11 is 11.0. The van der Waals surface area contributed by atoms with E-state index in [2.05, 4.69) is 0 Å². The fourth-order valence-corrected chi connectivity index (χ4v) is 1.29. The van der Waals surface area contributed by atoms with Gasteiger partial charge in [-0.2, -0.15) is 0 Å². The van der Waals surface area contributed by atoms with Gasteiger partial charge >= 0.3 is 0 Å². The van der Waals surface area contributed by atoms with Crippen molar-refractivity contribution in [3.63, 3.8) is 0 Å². The van der Waals surface area contributed by atoms with Crippen LogP contribution in [0.15, 0.2) is 11.4 Å². The monoisotopic (exact) mass is 208 g/mol. The lowest BCUT2D eigenvalue weighted by atomic mass is 9.98. The molecule has 0 radical (unpaired) electrons. The Balaban J connectivity index is 3.19. The van der Waals surface area contributed by atoms with Crippen molar-refractivity contribution in [2.24, 2.45) is 11.5 Å². The van der Waals surface area contributed by atoms with E-state index < -0.39 is 15.9 Å². The fourth-order valence-electron chi connectivity index (χ4n) is 0.847. The zero-order valence-electron chi connectivity index (χ0n) is 5.93. The molecule has 0 spiro atoms. The summed E-state index contributed by atoms with van der Waals surface area (Å²) in [5.74, 6) is -1.21. The molecule has 4 nitrogen and oxygen atoms in total. The van der Waals surface area contributed by atoms with Gasteiger partial charge in [0.25, 0.3) is 0 Å². The first-order chi connectivity index (χ1) is 5.36. The molecule has 0 fully saturated rings. The molecule has 1 aliphatic carbocycles. The lowest BCUT2D eigenvalue weighted by Crippen LogP contribution is -2.41. The highest BCUT2D eigenvalue weighted by Crippen LogP contribution is 2.33. The van der Waals surface area contributed by atoms with Gasteiger partial charge in [0, 0.05) is 0 Å². The third kappa shape index (κ3) is 1.28. The zero-order valence-corrected chi connectivity index (χ0v) is 7.45. The molecule has 0 aliphatic heterocycles. The van der Waals surface area contributed by atoms with Crippen LogP contribution < -0.4 is 11.5 Å². The number of hydrogen-bond acceptors (Lipinski definition) is 4. The number of rotatable bonds is 0. The maximum Gasteiger partial charge on any atom is 0.217 e. The van der Waals surface area contributed by atoms with Crippen molar-refractivity contribution in [1.82, 2.24) is 0 Å². The van der Waals surface area contributed by atoms with E-state index in [4.69, 9.17) is 34.7 Å². The molecular formula is C6H6Cl2N2O2. The minimum absolute atomic E-state index is 0.253. The Kier molecular flexibility index (Phi) is 2.06. The van der Waals surface area contributed by atoms with E-state index in [0.717, 1.165) is 0 Å². The molecule has 0 bridgehead atoms. The van der Waals surface area contributed by atoms with Crippen molar-refractivity contribution >= 4 is 34.8 Å². The predicted molar refractivity (Wildman–Crippen MR) is 44.5 cm³/mol. The summed E-state index contributed by atoms with van der Waals surface area (Å²) < 4.78 is -1.75. The number of nitrogens with two attached hydrogens (primary N) is 2. The quantitative estimate of drug-likeness (QED) is 0.542. The fraction of sp³-hybridized carbons (Fsp3) is 0.333. The van der Waals surface area contributed by atoms with Crippen LogP contribution in [0, 0.1) is 0 Å². The number of ketones is 2. The van der Waals surface area contributed by atoms with Gasteiger partial charge in [-0.3, -0.25) is 9.59 Å². The average molecular weight is 209 g/mol. The van der Waals surface area contributed by atoms with Crippen LogP contribution in [-0.4, -0.2) is 15.9 Å². The van der Waals surface area contributed by atoms with Gasteiger partial charge in [-0.1, -0.05) is 23.2 Å². The first kappa shape index (κ1) is 9.35. The maximum atomic E-state index is 11.1. The highest BCUT2D eigenvalue weighted by Gasteiger charge is 2.43. The maximum absolute atomic E-state index is 11.1. The van der Waals surface area contributed by atoms with Gasteiger partial charge in [-0.05, 0) is 0 Å². The minimum Gasteiger partial charge on any atom is -0.394 e. The van der Waals surface area contributed by atoms with Crippen LogP contribution in [-0.2, 0) is 9.59 Å². The molecular weight excluding hydrogens is 203 g/mol. The Morgan fingerprint density at radius 3 is 2.17 bits per heavy atom. The average Bonchev–Trinajstić information content (AvgIpc) is 1.97. The van der Waals surface area contributed by atoms with Crippen molar-refractivity contribution in [1.29, 1.82) is 0 Å². The molecule has 0 saturated carbocycles. The molecule has 4 N–H and O–H groups in total. The molecule has 0 aromatic rings. The Morgan fingerprint density at radius 2 is 1.67 bits per heavy atom. The second-order valence-electron chi connectivity index (χ2n) is 2.46. The van der Waals surface area contributed by atoms with E-state index in [9.17, 15) is 9.59 Å². The molecule has 0 aromatic heterocycles. The van der Waals surface area contributed by atoms with E-state index in [0.29, 0.717) is 0 Å². The molecule has 0 aromatic carbocycles. The van der Waals surface area contributed by atoms with Gasteiger partial charge in [0.2, 0.25) is 5.78 Å². The third-order valence-electron chi connectivity index (χ3n) is 1.55. The van der Waals surface area contributed by atoms with Gasteiger partial charge in [-0.15, -0.1) is 0 Å². The second kappa shape index (κ2) is 2.64. The van der Waals surface area contributed by atoms with Crippen LogP contribution in [0.4, 0.5) is 0 Å². The molecule has 0 amide bonds. The number of Topliss-reactive ketones (excluding diaryl/α,β-unsaturated/α-hetero) is 2. The summed E-state index contributed by atoms with van der Waals surface area (Å²) in [6.45, 7) is 0. The number of carbonyl (C=O) groups excluding carboxylic acids is 2. The van der Waals surface area contributed by atoms with Gasteiger partial charge in [-0.25, -0.2) is 0 Å². The Bertz CT molecular complexity index is 296. The zero-order chi connectivity index (χ0) is 9.52. The molecule has 0 unspecified atom stereocenters. The van der Waals surface area contributed by atoms with Gasteiger partial charge in [0.05, 0.1) is 6.42 Å². The highest BCUT2D eigenvalue weighted by atomic mass is 35.5. The molecule has 66 valence electrons. The Morgan fingerprint density at radius 1 is 1.17 bits per heavy atom. The lowest BCUT2D eigenvalue weighted by Gasteiger charge is -2.22. The van der Waals surface area contributed by atoms with Gasteiger partial charge in [0.15, 0.2) is 10.1 Å². The lowest BCUT2D eigenvalue weighted by molar-refractivity contribution is -0.123. The molecule has 0 saturated heterocycles. The summed E-state index contributed by atoms with van der Waals surface area (Å²) in [4.78, 5) is 22.1. The highest BCUT2D eigenvalue weighted by molar-refractivity contribution is 6.61. The van der Waals surface area contributed by atoms with Crippen LogP contribution in [0.2, 0.25) is 0 Å². The summed E-state index contributed by atoms with van der Waals surface area (Å²) in [5, 5.41) is 0. The Hall–Kier alpha value is -0.740. The summed E-state index contributed by atoms with van der Waals surface area (Å²) in [6.07, 6.45) is -0.318. The standard InChI is InChI=1S/C6H6Cl2N2O2/c7-6(8)1-2(11)3(9)4(10)5(6)12/h1,9-10H2. The van der Waals surface area contributed by atoms with Crippen LogP contribution in [0.1, 0.15) is 6.42 Å². The van der Waals surface area contributed by atoms with Crippen LogP contribution in [0.25, 0.3) is 0 Å². The summed E-state index contributed by atoms with van der Waals surface area (Å²) in [7, 11) is 0. The number of carbonyl (C=O) groups is 2.